The number of carbonyl (C=O) groups is 2. The van der Waals surface area contributed by atoms with Gasteiger partial charge in [0.25, 0.3) is 0 Å². The lowest BCUT2D eigenvalue weighted by atomic mass is 9.90. The zero-order chi connectivity index (χ0) is 17.6. The van der Waals surface area contributed by atoms with E-state index in [4.69, 9.17) is 16.1 Å². The number of fused-ring (bicyclic) bond motifs is 3. The monoisotopic (exact) mass is 359 g/mol. The molecule has 0 aliphatic carbocycles. The van der Waals surface area contributed by atoms with Crippen LogP contribution in [0.2, 0.25) is 5.02 Å². The van der Waals surface area contributed by atoms with E-state index in [0.29, 0.717) is 29.6 Å². The Kier molecular flexibility index (Phi) is 4.00. The van der Waals surface area contributed by atoms with Crippen LogP contribution in [0.25, 0.3) is 0 Å². The van der Waals surface area contributed by atoms with E-state index in [-0.39, 0.29) is 30.8 Å². The number of hydrogen-bond donors (Lipinski definition) is 0. The van der Waals surface area contributed by atoms with Crippen LogP contribution in [0.5, 0.6) is 0 Å². The van der Waals surface area contributed by atoms with Crippen molar-refractivity contribution in [1.82, 2.24) is 15.0 Å². The van der Waals surface area contributed by atoms with Crippen LogP contribution in [0.4, 0.5) is 0 Å². The Morgan fingerprint density at radius 2 is 2.24 bits per heavy atom. The SMILES string of the molecule is Cc1cc(CC(=O)N2CC(=O)N3CCc4ccc(Cl)cc4C3C2)no1. The molecule has 1 unspecified atom stereocenters. The molecule has 1 fully saturated rings. The van der Waals surface area contributed by atoms with Gasteiger partial charge in [-0.25, -0.2) is 0 Å². The van der Waals surface area contributed by atoms with Crippen molar-refractivity contribution in [2.75, 3.05) is 19.6 Å². The number of halogens is 1. The van der Waals surface area contributed by atoms with Crippen LogP contribution in [0.15, 0.2) is 28.8 Å². The lowest BCUT2D eigenvalue weighted by molar-refractivity contribution is -0.149. The van der Waals surface area contributed by atoms with Crippen molar-refractivity contribution in [3.63, 3.8) is 0 Å². The smallest absolute Gasteiger partial charge is 0.242 e. The number of aromatic nitrogens is 1. The van der Waals surface area contributed by atoms with Crippen molar-refractivity contribution in [2.24, 2.45) is 0 Å². The maximum atomic E-state index is 12.6. The number of hydrogen-bond acceptors (Lipinski definition) is 4. The number of amides is 2. The van der Waals surface area contributed by atoms with Crippen LogP contribution in [-0.2, 0) is 22.4 Å². The fourth-order valence-corrected chi connectivity index (χ4v) is 3.83. The summed E-state index contributed by atoms with van der Waals surface area (Å²) in [6.07, 6.45) is 0.959. The first-order valence-corrected chi connectivity index (χ1v) is 8.67. The first kappa shape index (κ1) is 16.1. The van der Waals surface area contributed by atoms with Gasteiger partial charge in [-0.05, 0) is 36.6 Å². The summed E-state index contributed by atoms with van der Waals surface area (Å²) in [5.74, 6) is 0.529. The molecule has 6 nitrogen and oxygen atoms in total. The average Bonchev–Trinajstić information content (AvgIpc) is 2.99. The van der Waals surface area contributed by atoms with Crippen LogP contribution in [0.1, 0.15) is 28.6 Å². The summed E-state index contributed by atoms with van der Waals surface area (Å²) in [7, 11) is 0. The first-order valence-electron chi connectivity index (χ1n) is 8.29. The summed E-state index contributed by atoms with van der Waals surface area (Å²) < 4.78 is 5.01. The highest BCUT2D eigenvalue weighted by Gasteiger charge is 2.38. The molecule has 2 aliphatic rings. The Hall–Kier alpha value is -2.34. The quantitative estimate of drug-likeness (QED) is 0.824. The first-order chi connectivity index (χ1) is 12.0. The summed E-state index contributed by atoms with van der Waals surface area (Å²) in [5, 5.41) is 4.51. The highest BCUT2D eigenvalue weighted by molar-refractivity contribution is 6.30. The number of aryl methyl sites for hydroxylation is 1. The third-order valence-electron chi connectivity index (χ3n) is 4.87. The Balaban J connectivity index is 1.57. The Morgan fingerprint density at radius 1 is 1.40 bits per heavy atom. The zero-order valence-corrected chi connectivity index (χ0v) is 14.6. The second-order valence-electron chi connectivity index (χ2n) is 6.58. The maximum Gasteiger partial charge on any atom is 0.242 e. The molecule has 3 heterocycles. The zero-order valence-electron chi connectivity index (χ0n) is 13.9. The van der Waals surface area contributed by atoms with Gasteiger partial charge in [0.15, 0.2) is 0 Å². The molecular weight excluding hydrogens is 342 g/mol. The molecule has 1 atom stereocenters. The van der Waals surface area contributed by atoms with Gasteiger partial charge < -0.3 is 14.3 Å². The molecule has 1 saturated heterocycles. The van der Waals surface area contributed by atoms with Crippen molar-refractivity contribution < 1.29 is 14.1 Å². The Morgan fingerprint density at radius 3 is 3.00 bits per heavy atom. The van der Waals surface area contributed by atoms with Gasteiger partial charge >= 0.3 is 0 Å². The van der Waals surface area contributed by atoms with Crippen LogP contribution in [-0.4, -0.2) is 46.4 Å². The summed E-state index contributed by atoms with van der Waals surface area (Å²) in [6.45, 7) is 3.06. The van der Waals surface area contributed by atoms with Crippen molar-refractivity contribution in [3.05, 3.63) is 51.9 Å². The molecule has 1 aromatic heterocycles. The molecule has 25 heavy (non-hydrogen) atoms. The molecule has 2 aromatic rings. The minimum absolute atomic E-state index is 0.0217. The summed E-state index contributed by atoms with van der Waals surface area (Å²) in [4.78, 5) is 28.7. The molecule has 0 radical (unpaired) electrons. The standard InChI is InChI=1S/C18H18ClN3O3/c1-11-6-14(20-25-11)8-17(23)21-9-16-15-7-13(19)3-2-12(15)4-5-22(16)18(24)10-21/h2-3,6-7,16H,4-5,8-10H2,1H3. The predicted molar refractivity (Wildman–Crippen MR) is 91.1 cm³/mol. The van der Waals surface area contributed by atoms with Gasteiger partial charge in [-0.3, -0.25) is 9.59 Å². The molecule has 0 N–H and O–H groups in total. The normalized spacial score (nSPS) is 19.6. The Bertz CT molecular complexity index is 848. The van der Waals surface area contributed by atoms with E-state index in [1.165, 1.54) is 5.56 Å². The van der Waals surface area contributed by atoms with Crippen molar-refractivity contribution >= 4 is 23.4 Å². The van der Waals surface area contributed by atoms with Gasteiger partial charge in [-0.15, -0.1) is 0 Å². The molecular formula is C18H18ClN3O3. The molecule has 1 aromatic carbocycles. The van der Waals surface area contributed by atoms with E-state index >= 15 is 0 Å². The van der Waals surface area contributed by atoms with Crippen LogP contribution in [0, 0.1) is 6.92 Å². The van der Waals surface area contributed by atoms with Gasteiger partial charge in [0.1, 0.15) is 5.76 Å². The summed E-state index contributed by atoms with van der Waals surface area (Å²) in [5.41, 5.74) is 2.83. The van der Waals surface area contributed by atoms with Crippen molar-refractivity contribution in [1.29, 1.82) is 0 Å². The Labute approximate surface area is 150 Å². The lowest BCUT2D eigenvalue weighted by Crippen LogP contribution is -2.56. The fraction of sp³-hybridized carbons (Fsp3) is 0.389. The van der Waals surface area contributed by atoms with Crippen molar-refractivity contribution in [3.8, 4) is 0 Å². The van der Waals surface area contributed by atoms with Crippen LogP contribution >= 0.6 is 11.6 Å². The van der Waals surface area contributed by atoms with E-state index in [0.717, 1.165) is 12.0 Å². The molecule has 4 rings (SSSR count). The summed E-state index contributed by atoms with van der Waals surface area (Å²) >= 11 is 6.15. The lowest BCUT2D eigenvalue weighted by Gasteiger charge is -2.44. The highest BCUT2D eigenvalue weighted by Crippen LogP contribution is 2.34. The van der Waals surface area contributed by atoms with E-state index < -0.39 is 0 Å². The number of benzene rings is 1. The number of nitrogens with zero attached hydrogens (tertiary/aromatic N) is 3. The molecule has 0 spiro atoms. The maximum absolute atomic E-state index is 12.6. The van der Waals surface area contributed by atoms with Gasteiger partial charge in [-0.2, -0.15) is 0 Å². The average molecular weight is 360 g/mol. The molecule has 7 heteroatoms. The number of piperazine rings is 1. The molecule has 0 saturated carbocycles. The van der Waals surface area contributed by atoms with E-state index in [1.54, 1.807) is 17.9 Å². The largest absolute Gasteiger partial charge is 0.361 e. The topological polar surface area (TPSA) is 66.7 Å². The molecule has 2 amide bonds. The third kappa shape index (κ3) is 3.02. The second-order valence-corrected chi connectivity index (χ2v) is 7.01. The fourth-order valence-electron chi connectivity index (χ4n) is 3.65. The number of carbonyl (C=O) groups excluding carboxylic acids is 2. The highest BCUT2D eigenvalue weighted by atomic mass is 35.5. The second kappa shape index (κ2) is 6.19. The summed E-state index contributed by atoms with van der Waals surface area (Å²) in [6, 6.07) is 7.41. The molecule has 130 valence electrons. The van der Waals surface area contributed by atoms with Crippen LogP contribution < -0.4 is 0 Å². The molecule has 2 aliphatic heterocycles. The predicted octanol–water partition coefficient (Wildman–Crippen LogP) is 2.15. The van der Waals surface area contributed by atoms with E-state index in [1.807, 2.05) is 23.1 Å². The van der Waals surface area contributed by atoms with Gasteiger partial charge in [0, 0.05) is 24.2 Å². The minimum Gasteiger partial charge on any atom is -0.361 e. The van der Waals surface area contributed by atoms with E-state index in [9.17, 15) is 9.59 Å². The third-order valence-corrected chi connectivity index (χ3v) is 5.10. The number of rotatable bonds is 2. The minimum atomic E-state index is -0.133. The van der Waals surface area contributed by atoms with E-state index in [2.05, 4.69) is 5.16 Å². The van der Waals surface area contributed by atoms with Crippen LogP contribution in [0.3, 0.4) is 0 Å². The van der Waals surface area contributed by atoms with Gasteiger partial charge in [0.2, 0.25) is 11.8 Å². The van der Waals surface area contributed by atoms with Gasteiger partial charge in [0.05, 0.1) is 24.7 Å². The molecule has 0 bridgehead atoms. The van der Waals surface area contributed by atoms with Crippen molar-refractivity contribution in [2.45, 2.75) is 25.8 Å². The van der Waals surface area contributed by atoms with Gasteiger partial charge in [-0.1, -0.05) is 22.8 Å².